The van der Waals surface area contributed by atoms with Gasteiger partial charge in [-0.15, -0.1) is 0 Å². The third-order valence-corrected chi connectivity index (χ3v) is 6.75. The van der Waals surface area contributed by atoms with Gasteiger partial charge >= 0.3 is 5.97 Å². The Labute approximate surface area is 215 Å². The summed E-state index contributed by atoms with van der Waals surface area (Å²) in [5.41, 5.74) is 3.41. The minimum Gasteiger partial charge on any atom is -0.493 e. The first-order valence-electron chi connectivity index (χ1n) is 11.6. The van der Waals surface area contributed by atoms with Gasteiger partial charge in [-0.25, -0.2) is 9.18 Å². The smallest absolute Gasteiger partial charge is 0.341 e. The predicted molar refractivity (Wildman–Crippen MR) is 136 cm³/mol. The van der Waals surface area contributed by atoms with Gasteiger partial charge in [0.15, 0.2) is 18.1 Å². The van der Waals surface area contributed by atoms with Gasteiger partial charge in [-0.1, -0.05) is 60.2 Å². The number of carboxylic acids is 1. The van der Waals surface area contributed by atoms with Crippen molar-refractivity contribution >= 4 is 17.6 Å². The molecule has 1 fully saturated rings. The van der Waals surface area contributed by atoms with Crippen LogP contribution in [0.1, 0.15) is 48.2 Å². The number of para-hydroxylation sites is 1. The highest BCUT2D eigenvalue weighted by atomic mass is 35.5. The lowest BCUT2D eigenvalue weighted by atomic mass is 9.74. The lowest BCUT2D eigenvalue weighted by molar-refractivity contribution is -0.139. The van der Waals surface area contributed by atoms with Gasteiger partial charge < -0.3 is 19.3 Å². The molecule has 0 radical (unpaired) electrons. The summed E-state index contributed by atoms with van der Waals surface area (Å²) >= 11 is 6.33. The molecule has 4 rings (SSSR count). The zero-order valence-corrected chi connectivity index (χ0v) is 20.9. The Bertz CT molecular complexity index is 1240. The highest BCUT2D eigenvalue weighted by molar-refractivity contribution is 6.30. The molecule has 0 bridgehead atoms. The predicted octanol–water partition coefficient (Wildman–Crippen LogP) is 7.13. The summed E-state index contributed by atoms with van der Waals surface area (Å²) in [6.45, 7) is 5.66. The molecule has 0 saturated carbocycles. The molecule has 188 valence electrons. The fourth-order valence-electron chi connectivity index (χ4n) is 4.84. The fourth-order valence-corrected chi connectivity index (χ4v) is 5.03. The van der Waals surface area contributed by atoms with E-state index in [9.17, 15) is 14.3 Å². The van der Waals surface area contributed by atoms with Gasteiger partial charge in [0, 0.05) is 22.4 Å². The third-order valence-electron chi connectivity index (χ3n) is 6.52. The van der Waals surface area contributed by atoms with Crippen molar-refractivity contribution in [2.45, 2.75) is 31.5 Å². The quantitative estimate of drug-likeness (QED) is 0.326. The van der Waals surface area contributed by atoms with Crippen LogP contribution in [-0.2, 0) is 9.53 Å². The summed E-state index contributed by atoms with van der Waals surface area (Å²) in [4.78, 5) is 11.3. The maximum Gasteiger partial charge on any atom is 0.341 e. The van der Waals surface area contributed by atoms with Crippen LogP contribution in [0.4, 0.5) is 4.39 Å². The van der Waals surface area contributed by atoms with Crippen LogP contribution in [0.15, 0.2) is 78.9 Å². The maximum absolute atomic E-state index is 13.8. The minimum absolute atomic E-state index is 0.0823. The molecule has 36 heavy (non-hydrogen) atoms. The van der Waals surface area contributed by atoms with Gasteiger partial charge in [-0.05, 0) is 54.8 Å². The van der Waals surface area contributed by atoms with Gasteiger partial charge in [0.25, 0.3) is 0 Å². The van der Waals surface area contributed by atoms with E-state index in [0.717, 1.165) is 16.7 Å². The van der Waals surface area contributed by atoms with Crippen LogP contribution in [0.5, 0.6) is 11.5 Å². The molecule has 0 spiro atoms. The molecule has 1 aliphatic heterocycles. The molecule has 0 unspecified atom stereocenters. The topological polar surface area (TPSA) is 65.0 Å². The van der Waals surface area contributed by atoms with Crippen molar-refractivity contribution < 1.29 is 28.5 Å². The molecular weight excluding hydrogens is 483 g/mol. The molecule has 3 aromatic carbocycles. The molecule has 0 aromatic heterocycles. The summed E-state index contributed by atoms with van der Waals surface area (Å²) < 4.78 is 31.8. The first kappa shape index (κ1) is 25.7. The van der Waals surface area contributed by atoms with Gasteiger partial charge in [0.1, 0.15) is 5.82 Å². The third kappa shape index (κ3) is 5.55. The van der Waals surface area contributed by atoms with E-state index in [2.05, 4.69) is 6.58 Å². The van der Waals surface area contributed by atoms with Crippen LogP contribution in [0.25, 0.3) is 0 Å². The van der Waals surface area contributed by atoms with Crippen LogP contribution in [0, 0.1) is 11.7 Å². The van der Waals surface area contributed by atoms with E-state index in [-0.39, 0.29) is 17.7 Å². The maximum atomic E-state index is 13.8. The molecule has 4 atom stereocenters. The fraction of sp³-hybridized carbons (Fsp3) is 0.276. The zero-order valence-electron chi connectivity index (χ0n) is 20.1. The number of methoxy groups -OCH3 is 1. The second-order valence-corrected chi connectivity index (χ2v) is 9.38. The molecule has 3 aromatic rings. The first-order valence-corrected chi connectivity index (χ1v) is 12.0. The second kappa shape index (κ2) is 11.1. The second-order valence-electron chi connectivity index (χ2n) is 8.94. The number of benzene rings is 3. The molecule has 5 nitrogen and oxygen atoms in total. The standard InChI is InChI=1S/C29H28ClFO5/c1-17(2)23-15-24(19-6-4-7-20(30)14-19)27(18-10-12-21(31)13-11-18)36-28(23)22-8-5-9-25(34-3)29(22)35-16-26(32)33/h4-14,23-24,27-28H,1,15-16H2,2-3H3,(H,32,33)/t23-,24-,27+,28-/m1/s1. The molecule has 0 amide bonds. The monoisotopic (exact) mass is 510 g/mol. The van der Waals surface area contributed by atoms with E-state index in [1.165, 1.54) is 19.2 Å². The van der Waals surface area contributed by atoms with Crippen LogP contribution in [-0.4, -0.2) is 24.8 Å². The van der Waals surface area contributed by atoms with Crippen molar-refractivity contribution in [3.05, 3.63) is 106 Å². The highest BCUT2D eigenvalue weighted by Crippen LogP contribution is 2.54. The highest BCUT2D eigenvalue weighted by Gasteiger charge is 2.42. The van der Waals surface area contributed by atoms with Gasteiger partial charge in [0.2, 0.25) is 0 Å². The molecule has 1 heterocycles. The van der Waals surface area contributed by atoms with E-state index in [0.29, 0.717) is 28.5 Å². The van der Waals surface area contributed by atoms with Crippen LogP contribution < -0.4 is 9.47 Å². The summed E-state index contributed by atoms with van der Waals surface area (Å²) in [6, 6.07) is 19.3. The van der Waals surface area contributed by atoms with Crippen molar-refractivity contribution in [3.8, 4) is 11.5 Å². The van der Waals surface area contributed by atoms with E-state index in [1.807, 2.05) is 43.3 Å². The Morgan fingerprint density at radius 1 is 1.11 bits per heavy atom. The number of rotatable bonds is 8. The van der Waals surface area contributed by atoms with Crippen LogP contribution in [0.2, 0.25) is 5.02 Å². The van der Waals surface area contributed by atoms with Crippen molar-refractivity contribution in [2.75, 3.05) is 13.7 Å². The first-order chi connectivity index (χ1) is 17.3. The number of carbonyl (C=O) groups is 1. The van der Waals surface area contributed by atoms with Crippen molar-refractivity contribution in [2.24, 2.45) is 5.92 Å². The average Bonchev–Trinajstić information content (AvgIpc) is 2.86. The SMILES string of the molecule is C=C(C)[C@H]1C[C@H](c2cccc(Cl)c2)[C@H](c2ccc(F)cc2)O[C@@H]1c1cccc(OC)c1OCC(=O)O. The molecule has 0 aliphatic carbocycles. The Hall–Kier alpha value is -3.35. The summed E-state index contributed by atoms with van der Waals surface area (Å²) in [6.07, 6.45) is -0.257. The van der Waals surface area contributed by atoms with Crippen LogP contribution in [0.3, 0.4) is 0 Å². The molecule has 1 aliphatic rings. The Morgan fingerprint density at radius 3 is 2.47 bits per heavy atom. The molecule has 1 N–H and O–H groups in total. The number of halogens is 2. The minimum atomic E-state index is -1.10. The summed E-state index contributed by atoms with van der Waals surface area (Å²) in [5.74, 6) is -0.905. The lowest BCUT2D eigenvalue weighted by Gasteiger charge is -2.43. The Morgan fingerprint density at radius 2 is 1.83 bits per heavy atom. The van der Waals surface area contributed by atoms with Crippen molar-refractivity contribution in [1.29, 1.82) is 0 Å². The number of aliphatic carboxylic acids is 1. The molecule has 1 saturated heterocycles. The van der Waals surface area contributed by atoms with Crippen molar-refractivity contribution in [3.63, 3.8) is 0 Å². The van der Waals surface area contributed by atoms with Crippen LogP contribution >= 0.6 is 11.6 Å². The molecule has 7 heteroatoms. The van der Waals surface area contributed by atoms with E-state index < -0.39 is 24.8 Å². The van der Waals surface area contributed by atoms with Crippen molar-refractivity contribution in [1.82, 2.24) is 0 Å². The van der Waals surface area contributed by atoms with Gasteiger partial charge in [-0.3, -0.25) is 0 Å². The zero-order chi connectivity index (χ0) is 25.8. The average molecular weight is 511 g/mol. The largest absolute Gasteiger partial charge is 0.493 e. The van der Waals surface area contributed by atoms with E-state index in [4.69, 9.17) is 25.8 Å². The number of ether oxygens (including phenoxy) is 3. The van der Waals surface area contributed by atoms with Gasteiger partial charge in [0.05, 0.1) is 19.3 Å². The normalized spacial score (nSPS) is 21.6. The summed E-state index contributed by atoms with van der Waals surface area (Å²) in [7, 11) is 1.50. The van der Waals surface area contributed by atoms with E-state index in [1.54, 1.807) is 18.2 Å². The number of hydrogen-bond donors (Lipinski definition) is 1. The number of hydrogen-bond acceptors (Lipinski definition) is 4. The summed E-state index contributed by atoms with van der Waals surface area (Å²) in [5, 5.41) is 9.85. The Balaban J connectivity index is 1.82. The van der Waals surface area contributed by atoms with E-state index >= 15 is 0 Å². The lowest BCUT2D eigenvalue weighted by Crippen LogP contribution is -2.32. The molecular formula is C29H28ClFO5. The number of carboxylic acid groups (broad SMARTS) is 1. The van der Waals surface area contributed by atoms with Gasteiger partial charge in [-0.2, -0.15) is 0 Å². The Kier molecular flexibility index (Phi) is 7.97.